The first-order chi connectivity index (χ1) is 11.7. The number of nitrogens with one attached hydrogen (secondary N) is 1. The summed E-state index contributed by atoms with van der Waals surface area (Å²) in [5.74, 6) is 3.45. The molecular weight excluding hydrogens is 322 g/mol. The predicted molar refractivity (Wildman–Crippen MR) is 97.7 cm³/mol. The van der Waals surface area contributed by atoms with E-state index in [4.69, 9.17) is 14.2 Å². The summed E-state index contributed by atoms with van der Waals surface area (Å²) < 4.78 is 16.1. The van der Waals surface area contributed by atoms with Crippen molar-refractivity contribution in [2.45, 2.75) is 17.4 Å². The van der Waals surface area contributed by atoms with Gasteiger partial charge in [-0.2, -0.15) is 0 Å². The Labute approximate surface area is 147 Å². The van der Waals surface area contributed by atoms with Gasteiger partial charge in [-0.25, -0.2) is 0 Å². The number of hydrogen-bond acceptors (Lipinski definition) is 5. The van der Waals surface area contributed by atoms with Crippen molar-refractivity contribution in [2.75, 3.05) is 33.6 Å². The number of rotatable bonds is 6. The number of methoxy groups -OCH3 is 3. The molecule has 3 rings (SSSR count). The van der Waals surface area contributed by atoms with Gasteiger partial charge < -0.3 is 19.5 Å². The molecule has 0 aromatic heterocycles. The molecule has 24 heavy (non-hydrogen) atoms. The Bertz CT molecular complexity index is 688. The minimum atomic E-state index is 0.306. The van der Waals surface area contributed by atoms with E-state index in [-0.39, 0.29) is 0 Å². The molecule has 1 aliphatic rings. The Kier molecular flexibility index (Phi) is 5.53. The zero-order chi connectivity index (χ0) is 16.9. The molecule has 0 saturated heterocycles. The van der Waals surface area contributed by atoms with Crippen molar-refractivity contribution >= 4 is 11.8 Å². The maximum Gasteiger partial charge on any atom is 0.161 e. The molecule has 1 aliphatic heterocycles. The summed E-state index contributed by atoms with van der Waals surface area (Å²) in [6, 6.07) is 12.7. The van der Waals surface area contributed by atoms with Gasteiger partial charge >= 0.3 is 0 Å². The summed E-state index contributed by atoms with van der Waals surface area (Å²) in [5.41, 5.74) is 2.65. The Morgan fingerprint density at radius 1 is 1.00 bits per heavy atom. The molecule has 5 heteroatoms. The summed E-state index contributed by atoms with van der Waals surface area (Å²) in [6.07, 6.45) is 1.01. The third kappa shape index (κ3) is 3.62. The number of ether oxygens (including phenoxy) is 3. The molecule has 0 radical (unpaired) electrons. The van der Waals surface area contributed by atoms with Gasteiger partial charge in [-0.1, -0.05) is 0 Å². The Morgan fingerprint density at radius 2 is 1.71 bits per heavy atom. The maximum atomic E-state index is 5.47. The average Bonchev–Trinajstić information content (AvgIpc) is 2.65. The first-order valence-corrected chi connectivity index (χ1v) is 8.98. The van der Waals surface area contributed by atoms with Crippen LogP contribution in [0.15, 0.2) is 41.3 Å². The number of hydrogen-bond donors (Lipinski definition) is 1. The molecule has 128 valence electrons. The second-order valence-corrected chi connectivity index (χ2v) is 6.74. The largest absolute Gasteiger partial charge is 0.497 e. The topological polar surface area (TPSA) is 39.7 Å². The normalized spacial score (nSPS) is 16.4. The van der Waals surface area contributed by atoms with Crippen molar-refractivity contribution in [3.8, 4) is 17.2 Å². The Balaban J connectivity index is 1.76. The van der Waals surface area contributed by atoms with Crippen LogP contribution in [0.4, 0.5) is 0 Å². The number of benzene rings is 2. The van der Waals surface area contributed by atoms with E-state index in [0.717, 1.165) is 36.0 Å². The van der Waals surface area contributed by atoms with E-state index in [1.807, 2.05) is 23.9 Å². The van der Waals surface area contributed by atoms with Crippen LogP contribution in [-0.2, 0) is 6.42 Å². The molecule has 1 atom stereocenters. The average molecular weight is 345 g/mol. The van der Waals surface area contributed by atoms with Gasteiger partial charge in [0.25, 0.3) is 0 Å². The molecule has 0 amide bonds. The lowest BCUT2D eigenvalue weighted by Gasteiger charge is -2.28. The van der Waals surface area contributed by atoms with Crippen LogP contribution >= 0.6 is 11.8 Å². The van der Waals surface area contributed by atoms with Crippen molar-refractivity contribution in [1.29, 1.82) is 0 Å². The van der Waals surface area contributed by atoms with Gasteiger partial charge in [0, 0.05) is 16.7 Å². The lowest BCUT2D eigenvalue weighted by atomic mass is 9.94. The van der Waals surface area contributed by atoms with E-state index >= 15 is 0 Å². The molecule has 2 aromatic rings. The van der Waals surface area contributed by atoms with Gasteiger partial charge in [0.1, 0.15) is 5.75 Å². The summed E-state index contributed by atoms with van der Waals surface area (Å²) >= 11 is 1.84. The van der Waals surface area contributed by atoms with Crippen molar-refractivity contribution < 1.29 is 14.2 Å². The standard InChI is InChI=1S/C19H23NO3S/c1-21-14-4-6-15(7-5-14)24-12-17-16-11-19(23-3)18(22-2)10-13(16)8-9-20-17/h4-7,10-11,17,20H,8-9,12H2,1-3H3. The lowest BCUT2D eigenvalue weighted by molar-refractivity contribution is 0.352. The molecule has 0 fully saturated rings. The van der Waals surface area contributed by atoms with Crippen LogP contribution in [0.3, 0.4) is 0 Å². The lowest BCUT2D eigenvalue weighted by Crippen LogP contribution is -2.31. The van der Waals surface area contributed by atoms with Crippen LogP contribution in [-0.4, -0.2) is 33.6 Å². The van der Waals surface area contributed by atoms with E-state index < -0.39 is 0 Å². The molecule has 2 aromatic carbocycles. The predicted octanol–water partition coefficient (Wildman–Crippen LogP) is 3.69. The summed E-state index contributed by atoms with van der Waals surface area (Å²) in [7, 11) is 5.05. The molecule has 4 nitrogen and oxygen atoms in total. The van der Waals surface area contributed by atoms with Crippen LogP contribution in [0.25, 0.3) is 0 Å². The van der Waals surface area contributed by atoms with Crippen LogP contribution in [0, 0.1) is 0 Å². The molecule has 0 aliphatic carbocycles. The van der Waals surface area contributed by atoms with Gasteiger partial charge in [-0.3, -0.25) is 0 Å². The van der Waals surface area contributed by atoms with E-state index in [1.54, 1.807) is 21.3 Å². The highest BCUT2D eigenvalue weighted by Gasteiger charge is 2.22. The zero-order valence-electron chi connectivity index (χ0n) is 14.3. The van der Waals surface area contributed by atoms with Gasteiger partial charge in [0.2, 0.25) is 0 Å². The SMILES string of the molecule is COc1ccc(SCC2NCCc3cc(OC)c(OC)cc32)cc1. The second kappa shape index (κ2) is 7.81. The molecule has 1 unspecified atom stereocenters. The summed E-state index contributed by atoms with van der Waals surface area (Å²) in [5, 5.41) is 3.61. The van der Waals surface area contributed by atoms with Crippen molar-refractivity contribution in [2.24, 2.45) is 0 Å². The fraction of sp³-hybridized carbons (Fsp3) is 0.368. The first-order valence-electron chi connectivity index (χ1n) is 8.00. The second-order valence-electron chi connectivity index (χ2n) is 5.65. The van der Waals surface area contributed by atoms with Crippen LogP contribution < -0.4 is 19.5 Å². The van der Waals surface area contributed by atoms with Crippen LogP contribution in [0.1, 0.15) is 17.2 Å². The Hall–Kier alpha value is -1.85. The highest BCUT2D eigenvalue weighted by atomic mass is 32.2. The van der Waals surface area contributed by atoms with E-state index in [1.165, 1.54) is 16.0 Å². The van der Waals surface area contributed by atoms with E-state index in [9.17, 15) is 0 Å². The highest BCUT2D eigenvalue weighted by molar-refractivity contribution is 7.99. The minimum absolute atomic E-state index is 0.306. The summed E-state index contributed by atoms with van der Waals surface area (Å²) in [6.45, 7) is 0.982. The molecular formula is C19H23NO3S. The Morgan fingerprint density at radius 3 is 2.38 bits per heavy atom. The highest BCUT2D eigenvalue weighted by Crippen LogP contribution is 2.37. The number of fused-ring (bicyclic) bond motifs is 1. The third-order valence-electron chi connectivity index (χ3n) is 4.28. The minimum Gasteiger partial charge on any atom is -0.497 e. The fourth-order valence-electron chi connectivity index (χ4n) is 2.97. The first kappa shape index (κ1) is 17.0. The van der Waals surface area contributed by atoms with E-state index in [0.29, 0.717) is 6.04 Å². The van der Waals surface area contributed by atoms with E-state index in [2.05, 4.69) is 29.6 Å². The smallest absolute Gasteiger partial charge is 0.161 e. The van der Waals surface area contributed by atoms with Crippen molar-refractivity contribution in [3.05, 3.63) is 47.5 Å². The molecule has 0 bridgehead atoms. The fourth-order valence-corrected chi connectivity index (χ4v) is 3.95. The third-order valence-corrected chi connectivity index (χ3v) is 5.39. The molecule has 0 saturated carbocycles. The zero-order valence-corrected chi connectivity index (χ0v) is 15.1. The van der Waals surface area contributed by atoms with Gasteiger partial charge in [-0.05, 0) is 60.5 Å². The van der Waals surface area contributed by atoms with Gasteiger partial charge in [0.05, 0.1) is 21.3 Å². The van der Waals surface area contributed by atoms with Crippen molar-refractivity contribution in [3.63, 3.8) is 0 Å². The van der Waals surface area contributed by atoms with Crippen LogP contribution in [0.2, 0.25) is 0 Å². The molecule has 1 heterocycles. The molecule has 1 N–H and O–H groups in total. The van der Waals surface area contributed by atoms with Gasteiger partial charge in [-0.15, -0.1) is 11.8 Å². The van der Waals surface area contributed by atoms with Crippen LogP contribution in [0.5, 0.6) is 17.2 Å². The van der Waals surface area contributed by atoms with Crippen molar-refractivity contribution in [1.82, 2.24) is 5.32 Å². The molecule has 0 spiro atoms. The summed E-state index contributed by atoms with van der Waals surface area (Å²) in [4.78, 5) is 1.24. The quantitative estimate of drug-likeness (QED) is 0.809. The monoisotopic (exact) mass is 345 g/mol. The van der Waals surface area contributed by atoms with Gasteiger partial charge in [0.15, 0.2) is 11.5 Å². The number of thioether (sulfide) groups is 1. The maximum absolute atomic E-state index is 5.47.